The van der Waals surface area contributed by atoms with E-state index in [0.29, 0.717) is 0 Å². The summed E-state index contributed by atoms with van der Waals surface area (Å²) in [6.07, 6.45) is 5.43. The van der Waals surface area contributed by atoms with E-state index in [0.717, 1.165) is 25.7 Å². The first-order chi connectivity index (χ1) is 7.89. The van der Waals surface area contributed by atoms with Gasteiger partial charge in [-0.15, -0.1) is 0 Å². The van der Waals surface area contributed by atoms with Crippen molar-refractivity contribution in [2.75, 3.05) is 0 Å². The summed E-state index contributed by atoms with van der Waals surface area (Å²) in [6, 6.07) is -0.253. The lowest BCUT2D eigenvalue weighted by Crippen LogP contribution is -2.54. The van der Waals surface area contributed by atoms with Crippen LogP contribution in [0.2, 0.25) is 0 Å². The number of hydrogen-bond donors (Lipinski definition) is 4. The average Bonchev–Trinajstić information content (AvgIpc) is 2.26. The van der Waals surface area contributed by atoms with E-state index in [1.807, 2.05) is 0 Å². The highest BCUT2D eigenvalue weighted by Crippen LogP contribution is 2.16. The molecule has 4 N–H and O–H groups in total. The van der Waals surface area contributed by atoms with Crippen LogP contribution >= 0.6 is 0 Å². The Hall–Kier alpha value is -1.30. The number of carbonyl (C=O) groups is 2. The number of rotatable bonds is 2. The van der Waals surface area contributed by atoms with Crippen LogP contribution in [0.3, 0.4) is 0 Å². The molecule has 17 heavy (non-hydrogen) atoms. The molecule has 3 amide bonds. The predicted molar refractivity (Wildman–Crippen MR) is 63.0 cm³/mol. The van der Waals surface area contributed by atoms with Crippen molar-refractivity contribution in [1.29, 1.82) is 0 Å². The molecule has 0 heterocycles. The summed E-state index contributed by atoms with van der Waals surface area (Å²) in [5.74, 6) is -0.642. The third-order valence-corrected chi connectivity index (χ3v) is 2.79. The Morgan fingerprint density at radius 3 is 2.24 bits per heavy atom. The molecule has 1 aliphatic rings. The van der Waals surface area contributed by atoms with Crippen LogP contribution in [0, 0.1) is 0 Å². The summed E-state index contributed by atoms with van der Waals surface area (Å²) in [5, 5.41) is 12.1. The molecule has 0 radical (unpaired) electrons. The minimum atomic E-state index is -1.50. The quantitative estimate of drug-likeness (QED) is 0.530. The summed E-state index contributed by atoms with van der Waals surface area (Å²) in [6.45, 7) is 2.70. The van der Waals surface area contributed by atoms with Gasteiger partial charge in [-0.05, 0) is 26.7 Å². The van der Waals surface area contributed by atoms with Crippen molar-refractivity contribution in [3.05, 3.63) is 0 Å². The van der Waals surface area contributed by atoms with E-state index >= 15 is 0 Å². The highest BCUT2D eigenvalue weighted by atomic mass is 16.3. The highest BCUT2D eigenvalue weighted by Gasteiger charge is 2.24. The largest absolute Gasteiger partial charge is 0.381 e. The van der Waals surface area contributed by atoms with Crippen LogP contribution in [0.25, 0.3) is 0 Å². The van der Waals surface area contributed by atoms with Crippen molar-refractivity contribution in [2.24, 2.45) is 0 Å². The van der Waals surface area contributed by atoms with Gasteiger partial charge >= 0.3 is 6.03 Å². The van der Waals surface area contributed by atoms with Gasteiger partial charge in [0.05, 0.1) is 0 Å². The lowest BCUT2D eigenvalue weighted by molar-refractivity contribution is -0.137. The van der Waals surface area contributed by atoms with Gasteiger partial charge in [-0.25, -0.2) is 10.2 Å². The molecular formula is C11H21N3O3. The van der Waals surface area contributed by atoms with Gasteiger partial charge < -0.3 is 10.4 Å². The molecule has 0 atom stereocenters. The van der Waals surface area contributed by atoms with Crippen molar-refractivity contribution >= 4 is 11.9 Å². The second-order valence-electron chi connectivity index (χ2n) is 4.95. The molecule has 0 bridgehead atoms. The second kappa shape index (κ2) is 5.86. The Labute approximate surface area is 101 Å². The molecule has 1 aliphatic carbocycles. The summed E-state index contributed by atoms with van der Waals surface area (Å²) in [5.41, 5.74) is 2.89. The van der Waals surface area contributed by atoms with Gasteiger partial charge in [0.2, 0.25) is 0 Å². The second-order valence-corrected chi connectivity index (χ2v) is 4.95. The van der Waals surface area contributed by atoms with Gasteiger partial charge in [0.15, 0.2) is 0 Å². The molecule has 6 nitrogen and oxygen atoms in total. The van der Waals surface area contributed by atoms with E-state index in [9.17, 15) is 14.7 Å². The van der Waals surface area contributed by atoms with Gasteiger partial charge in [-0.2, -0.15) is 0 Å². The number of aliphatic hydroxyl groups is 1. The van der Waals surface area contributed by atoms with E-state index in [-0.39, 0.29) is 6.04 Å². The maximum atomic E-state index is 11.4. The lowest BCUT2D eigenvalue weighted by atomic mass is 9.96. The van der Waals surface area contributed by atoms with Crippen molar-refractivity contribution in [1.82, 2.24) is 16.2 Å². The molecule has 0 unspecified atom stereocenters. The first kappa shape index (κ1) is 13.8. The Morgan fingerprint density at radius 1 is 1.12 bits per heavy atom. The van der Waals surface area contributed by atoms with Crippen molar-refractivity contribution in [2.45, 2.75) is 57.6 Å². The van der Waals surface area contributed by atoms with E-state index in [1.165, 1.54) is 20.3 Å². The SMILES string of the molecule is CC(C)(O)C(=O)NNC(=O)NC1CCCCC1. The Bertz CT molecular complexity index is 280. The minimum absolute atomic E-state index is 0.183. The summed E-state index contributed by atoms with van der Waals surface area (Å²) < 4.78 is 0. The van der Waals surface area contributed by atoms with Crippen molar-refractivity contribution in [3.8, 4) is 0 Å². The molecule has 1 rings (SSSR count). The summed E-state index contributed by atoms with van der Waals surface area (Å²) in [7, 11) is 0. The molecule has 6 heteroatoms. The van der Waals surface area contributed by atoms with Crippen LogP contribution in [0.15, 0.2) is 0 Å². The van der Waals surface area contributed by atoms with Crippen molar-refractivity contribution < 1.29 is 14.7 Å². The smallest absolute Gasteiger partial charge is 0.333 e. The lowest BCUT2D eigenvalue weighted by Gasteiger charge is -2.23. The molecule has 0 aromatic carbocycles. The summed E-state index contributed by atoms with van der Waals surface area (Å²) in [4.78, 5) is 22.7. The fourth-order valence-electron chi connectivity index (χ4n) is 1.73. The molecule has 1 saturated carbocycles. The predicted octanol–water partition coefficient (Wildman–Crippen LogP) is 0.420. The number of hydrogen-bond acceptors (Lipinski definition) is 3. The number of nitrogens with one attached hydrogen (secondary N) is 3. The third-order valence-electron chi connectivity index (χ3n) is 2.79. The third kappa shape index (κ3) is 5.04. The van der Waals surface area contributed by atoms with Crippen LogP contribution in [0.1, 0.15) is 46.0 Å². The van der Waals surface area contributed by atoms with Crippen LogP contribution in [0.4, 0.5) is 4.79 Å². The molecule has 0 aromatic heterocycles. The van der Waals surface area contributed by atoms with Gasteiger partial charge in [0, 0.05) is 6.04 Å². The molecule has 1 fully saturated rings. The first-order valence-electron chi connectivity index (χ1n) is 5.99. The topological polar surface area (TPSA) is 90.5 Å². The molecule has 0 spiro atoms. The average molecular weight is 243 g/mol. The van der Waals surface area contributed by atoms with E-state index < -0.39 is 17.5 Å². The first-order valence-corrected chi connectivity index (χ1v) is 5.99. The fraction of sp³-hybridized carbons (Fsp3) is 0.818. The normalized spacial score (nSPS) is 17.4. The van der Waals surface area contributed by atoms with Gasteiger partial charge in [-0.3, -0.25) is 10.2 Å². The maximum Gasteiger partial charge on any atom is 0.333 e. The van der Waals surface area contributed by atoms with E-state index in [4.69, 9.17) is 0 Å². The molecule has 0 aliphatic heterocycles. The zero-order valence-electron chi connectivity index (χ0n) is 10.4. The fourth-order valence-corrected chi connectivity index (χ4v) is 1.73. The number of urea groups is 1. The Balaban J connectivity index is 2.23. The van der Waals surface area contributed by atoms with Gasteiger partial charge in [0.25, 0.3) is 5.91 Å². The van der Waals surface area contributed by atoms with E-state index in [2.05, 4.69) is 16.2 Å². The van der Waals surface area contributed by atoms with Gasteiger partial charge in [-0.1, -0.05) is 19.3 Å². The number of amides is 3. The van der Waals surface area contributed by atoms with Crippen LogP contribution in [0.5, 0.6) is 0 Å². The highest BCUT2D eigenvalue weighted by molar-refractivity contribution is 5.86. The Morgan fingerprint density at radius 2 is 1.71 bits per heavy atom. The zero-order valence-corrected chi connectivity index (χ0v) is 10.4. The standard InChI is InChI=1S/C11H21N3O3/c1-11(2,17)9(15)13-14-10(16)12-8-6-4-3-5-7-8/h8,17H,3-7H2,1-2H3,(H,13,15)(H2,12,14,16). The number of hydrazine groups is 1. The maximum absolute atomic E-state index is 11.4. The minimum Gasteiger partial charge on any atom is -0.381 e. The summed E-state index contributed by atoms with van der Waals surface area (Å²) >= 11 is 0. The molecule has 0 saturated heterocycles. The van der Waals surface area contributed by atoms with Gasteiger partial charge in [0.1, 0.15) is 5.60 Å². The van der Waals surface area contributed by atoms with Crippen LogP contribution in [-0.4, -0.2) is 28.7 Å². The zero-order chi connectivity index (χ0) is 12.9. The van der Waals surface area contributed by atoms with Crippen LogP contribution < -0.4 is 16.2 Å². The monoisotopic (exact) mass is 243 g/mol. The van der Waals surface area contributed by atoms with Crippen LogP contribution in [-0.2, 0) is 4.79 Å². The number of carbonyl (C=O) groups excluding carboxylic acids is 2. The molecule has 0 aromatic rings. The molecular weight excluding hydrogens is 222 g/mol. The Kier molecular flexibility index (Phi) is 4.74. The molecule has 98 valence electrons. The van der Waals surface area contributed by atoms with E-state index in [1.54, 1.807) is 0 Å². The van der Waals surface area contributed by atoms with Crippen molar-refractivity contribution in [3.63, 3.8) is 0 Å².